The predicted octanol–water partition coefficient (Wildman–Crippen LogP) is 6.95. The Hall–Kier alpha value is -4.48. The molecule has 42 heavy (non-hydrogen) atoms. The molecule has 2 aromatic carbocycles. The molecule has 1 aliphatic rings. The molecule has 3 heterocycles. The van der Waals surface area contributed by atoms with E-state index in [1.807, 2.05) is 58.0 Å². The number of aryl methyl sites for hydroxylation is 1. The molecule has 0 saturated carbocycles. The Morgan fingerprint density at radius 1 is 1.10 bits per heavy atom. The van der Waals surface area contributed by atoms with Crippen molar-refractivity contribution in [3.05, 3.63) is 89.9 Å². The van der Waals surface area contributed by atoms with Gasteiger partial charge in [0, 0.05) is 48.2 Å². The van der Waals surface area contributed by atoms with Crippen LogP contribution in [0, 0.1) is 18.3 Å². The topological polar surface area (TPSA) is 99.4 Å². The van der Waals surface area contributed by atoms with E-state index in [-0.39, 0.29) is 24.4 Å². The van der Waals surface area contributed by atoms with Crippen LogP contribution in [0.5, 0.6) is 0 Å². The van der Waals surface area contributed by atoms with E-state index in [1.54, 1.807) is 52.7 Å². The Labute approximate surface area is 252 Å². The molecule has 0 bridgehead atoms. The van der Waals surface area contributed by atoms with E-state index in [2.05, 4.69) is 11.1 Å². The highest BCUT2D eigenvalue weighted by atomic mass is 35.5. The number of aromatic nitrogens is 2. The number of pyridine rings is 2. The SMILES string of the molecule is Cc1cccc2ccnc(N(C(=O)c3ccc(C#N)cc3-c3cccnc3)[C@@H]3CCCN(C(=O)OC(C)(C)C)C3)c12.Cl. The number of fused-ring (bicyclic) bond motifs is 1. The number of ether oxygens (including phenoxy) is 1. The van der Waals surface area contributed by atoms with E-state index in [9.17, 15) is 14.9 Å². The zero-order valence-corrected chi connectivity index (χ0v) is 25.0. The average molecular weight is 584 g/mol. The number of hydrogen-bond acceptors (Lipinski definition) is 6. The number of halogens is 1. The van der Waals surface area contributed by atoms with Crippen molar-refractivity contribution >= 4 is 41.0 Å². The van der Waals surface area contributed by atoms with Crippen LogP contribution >= 0.6 is 12.4 Å². The third-order valence-corrected chi connectivity index (χ3v) is 7.19. The Balaban J connectivity index is 0.00000405. The smallest absolute Gasteiger partial charge is 0.410 e. The summed E-state index contributed by atoms with van der Waals surface area (Å²) in [7, 11) is 0. The second kappa shape index (κ2) is 12.6. The van der Waals surface area contributed by atoms with Crippen molar-refractivity contribution in [1.82, 2.24) is 14.9 Å². The van der Waals surface area contributed by atoms with Crippen LogP contribution in [0.15, 0.2) is 73.2 Å². The summed E-state index contributed by atoms with van der Waals surface area (Å²) in [5.74, 6) is 0.288. The van der Waals surface area contributed by atoms with Crippen molar-refractivity contribution in [2.45, 2.75) is 52.2 Å². The maximum absolute atomic E-state index is 14.7. The summed E-state index contributed by atoms with van der Waals surface area (Å²) < 4.78 is 5.68. The molecular weight excluding hydrogens is 550 g/mol. The molecule has 1 saturated heterocycles. The van der Waals surface area contributed by atoms with Crippen LogP contribution in [-0.2, 0) is 4.74 Å². The Bertz CT molecular complexity index is 1640. The van der Waals surface area contributed by atoms with Crippen molar-refractivity contribution in [1.29, 1.82) is 5.26 Å². The molecule has 8 nitrogen and oxygen atoms in total. The summed E-state index contributed by atoms with van der Waals surface area (Å²) in [6.07, 6.45) is 6.07. The maximum Gasteiger partial charge on any atom is 0.410 e. The molecule has 0 radical (unpaired) electrons. The second-order valence-corrected chi connectivity index (χ2v) is 11.3. The summed E-state index contributed by atoms with van der Waals surface area (Å²) in [5, 5.41) is 11.5. The number of nitrogens with zero attached hydrogens (tertiary/aromatic N) is 5. The third kappa shape index (κ3) is 6.37. The lowest BCUT2D eigenvalue weighted by atomic mass is 9.95. The molecule has 2 aromatic heterocycles. The Morgan fingerprint density at radius 3 is 2.62 bits per heavy atom. The van der Waals surface area contributed by atoms with Gasteiger partial charge in [-0.3, -0.25) is 14.7 Å². The second-order valence-electron chi connectivity index (χ2n) is 11.3. The molecule has 5 rings (SSSR count). The molecule has 1 fully saturated rings. The van der Waals surface area contributed by atoms with Crippen LogP contribution < -0.4 is 4.90 Å². The molecular formula is C33H34ClN5O3. The van der Waals surface area contributed by atoms with Crippen LogP contribution in [0.4, 0.5) is 10.6 Å². The van der Waals surface area contributed by atoms with E-state index in [0.29, 0.717) is 48.4 Å². The molecule has 2 amide bonds. The summed E-state index contributed by atoms with van der Waals surface area (Å²) in [4.78, 5) is 40.3. The third-order valence-electron chi connectivity index (χ3n) is 7.19. The minimum atomic E-state index is -0.630. The van der Waals surface area contributed by atoms with Crippen molar-refractivity contribution in [3.63, 3.8) is 0 Å². The molecule has 1 atom stereocenters. The predicted molar refractivity (Wildman–Crippen MR) is 166 cm³/mol. The number of amides is 2. The minimum absolute atomic E-state index is 0. The first kappa shape index (κ1) is 30.5. The highest BCUT2D eigenvalue weighted by molar-refractivity contribution is 6.13. The molecule has 0 aliphatic carbocycles. The summed E-state index contributed by atoms with van der Waals surface area (Å²) in [6.45, 7) is 8.39. The number of carbonyl (C=O) groups is 2. The molecule has 1 aliphatic heterocycles. The fourth-order valence-corrected chi connectivity index (χ4v) is 5.35. The summed E-state index contributed by atoms with van der Waals surface area (Å²) >= 11 is 0. The van der Waals surface area contributed by atoms with Gasteiger partial charge in [0.15, 0.2) is 0 Å². The number of rotatable bonds is 4. The van der Waals surface area contributed by atoms with Gasteiger partial charge in [-0.15, -0.1) is 12.4 Å². The quantitative estimate of drug-likeness (QED) is 0.258. The number of anilines is 1. The van der Waals surface area contributed by atoms with Gasteiger partial charge in [0.2, 0.25) is 0 Å². The largest absolute Gasteiger partial charge is 0.444 e. The van der Waals surface area contributed by atoms with Crippen LogP contribution in [0.2, 0.25) is 0 Å². The van der Waals surface area contributed by atoms with Gasteiger partial charge < -0.3 is 9.64 Å². The number of piperidine rings is 1. The van der Waals surface area contributed by atoms with Gasteiger partial charge in [0.05, 0.1) is 17.7 Å². The zero-order chi connectivity index (χ0) is 29.1. The lowest BCUT2D eigenvalue weighted by molar-refractivity contribution is 0.0196. The monoisotopic (exact) mass is 583 g/mol. The van der Waals surface area contributed by atoms with Crippen LogP contribution in [0.25, 0.3) is 21.9 Å². The van der Waals surface area contributed by atoms with Gasteiger partial charge in [0.25, 0.3) is 5.91 Å². The number of carbonyl (C=O) groups excluding carboxylic acids is 2. The zero-order valence-electron chi connectivity index (χ0n) is 24.2. The standard InChI is InChI=1S/C33H33N5O3.ClH/c1-22-8-5-9-24-14-16-36-30(29(22)24)38(26-11-7-17-37(21-26)32(40)41-33(2,3)4)31(39)27-13-12-23(19-34)18-28(27)25-10-6-15-35-20-25;/h5-6,8-10,12-16,18,20,26H,7,11,17,21H2,1-4H3;1H/t26-;/m1./s1. The van der Waals surface area contributed by atoms with Crippen LogP contribution in [0.3, 0.4) is 0 Å². The van der Waals surface area contributed by atoms with Gasteiger partial charge in [-0.25, -0.2) is 9.78 Å². The molecule has 9 heteroatoms. The Kier molecular flexibility index (Phi) is 9.13. The number of hydrogen-bond donors (Lipinski definition) is 0. The van der Waals surface area contributed by atoms with Crippen LogP contribution in [-0.4, -0.2) is 51.6 Å². The first-order chi connectivity index (χ1) is 19.7. The normalized spacial score (nSPS) is 14.9. The van der Waals surface area contributed by atoms with E-state index in [0.717, 1.165) is 21.9 Å². The van der Waals surface area contributed by atoms with Gasteiger partial charge in [-0.1, -0.05) is 24.3 Å². The molecule has 0 N–H and O–H groups in total. The van der Waals surface area contributed by atoms with E-state index < -0.39 is 11.7 Å². The fourth-order valence-electron chi connectivity index (χ4n) is 5.35. The lowest BCUT2D eigenvalue weighted by Gasteiger charge is -2.39. The van der Waals surface area contributed by atoms with E-state index in [4.69, 9.17) is 9.72 Å². The number of likely N-dealkylation sites (tertiary alicyclic amines) is 1. The first-order valence-electron chi connectivity index (χ1n) is 13.8. The molecule has 216 valence electrons. The molecule has 4 aromatic rings. The molecule has 0 spiro atoms. The van der Waals surface area contributed by atoms with Crippen molar-refractivity contribution in [3.8, 4) is 17.2 Å². The van der Waals surface area contributed by atoms with Gasteiger partial charge in [0.1, 0.15) is 11.4 Å². The van der Waals surface area contributed by atoms with Gasteiger partial charge >= 0.3 is 6.09 Å². The van der Waals surface area contributed by atoms with Crippen molar-refractivity contribution in [2.75, 3.05) is 18.0 Å². The summed E-state index contributed by atoms with van der Waals surface area (Å²) in [6, 6.07) is 18.5. The van der Waals surface area contributed by atoms with Crippen molar-refractivity contribution < 1.29 is 14.3 Å². The van der Waals surface area contributed by atoms with Gasteiger partial charge in [-0.2, -0.15) is 5.26 Å². The fraction of sp³-hybridized carbons (Fsp3) is 0.303. The maximum atomic E-state index is 14.7. The average Bonchev–Trinajstić information content (AvgIpc) is 2.97. The van der Waals surface area contributed by atoms with E-state index in [1.165, 1.54) is 0 Å². The highest BCUT2D eigenvalue weighted by Crippen LogP contribution is 2.34. The minimum Gasteiger partial charge on any atom is -0.444 e. The van der Waals surface area contributed by atoms with Crippen molar-refractivity contribution in [2.24, 2.45) is 0 Å². The van der Waals surface area contributed by atoms with Crippen LogP contribution in [0.1, 0.15) is 55.1 Å². The highest BCUT2D eigenvalue weighted by Gasteiger charge is 2.36. The summed E-state index contributed by atoms with van der Waals surface area (Å²) in [5.41, 5.74) is 2.58. The number of nitriles is 1. The Morgan fingerprint density at radius 2 is 1.90 bits per heavy atom. The lowest BCUT2D eigenvalue weighted by Crippen LogP contribution is -2.53. The molecule has 0 unspecified atom stereocenters. The van der Waals surface area contributed by atoms with E-state index >= 15 is 0 Å². The number of benzene rings is 2. The first-order valence-corrected chi connectivity index (χ1v) is 13.8. The van der Waals surface area contributed by atoms with Gasteiger partial charge in [-0.05, 0) is 87.4 Å².